The lowest BCUT2D eigenvalue weighted by molar-refractivity contribution is 0.0686. The van der Waals surface area contributed by atoms with Gasteiger partial charge in [0.15, 0.2) is 11.5 Å². The van der Waals surface area contributed by atoms with Gasteiger partial charge < -0.3 is 9.63 Å². The topological polar surface area (TPSA) is 63.3 Å². The Morgan fingerprint density at radius 2 is 2.12 bits per heavy atom. The highest BCUT2D eigenvalue weighted by atomic mass is 35.5. The Labute approximate surface area is 105 Å². The number of carboxylic acids is 1. The average Bonchev–Trinajstić information content (AvgIpc) is 2.73. The third kappa shape index (κ3) is 2.11. The van der Waals surface area contributed by atoms with Gasteiger partial charge in [-0.3, -0.25) is 0 Å². The molecule has 0 saturated carbocycles. The van der Waals surface area contributed by atoms with Crippen LogP contribution in [-0.2, 0) is 0 Å². The van der Waals surface area contributed by atoms with Gasteiger partial charge in [-0.2, -0.15) is 0 Å². The van der Waals surface area contributed by atoms with E-state index in [9.17, 15) is 9.18 Å². The standard InChI is InChI=1S/C10H4Cl2FNO3/c11-4-1-2-5(13)9(12)8(4)7-3-6(10(15)16)14-17-7/h1-3H,(H,15,16). The molecule has 7 heteroatoms. The van der Waals surface area contributed by atoms with Crippen LogP contribution < -0.4 is 0 Å². The van der Waals surface area contributed by atoms with E-state index in [0.717, 1.165) is 12.1 Å². The first kappa shape index (κ1) is 11.9. The number of carbonyl (C=O) groups is 1. The van der Waals surface area contributed by atoms with Crippen molar-refractivity contribution in [1.29, 1.82) is 0 Å². The number of nitrogens with zero attached hydrogens (tertiary/aromatic N) is 1. The summed E-state index contributed by atoms with van der Waals surface area (Å²) in [6.45, 7) is 0. The fourth-order valence-electron chi connectivity index (χ4n) is 1.25. The highest BCUT2D eigenvalue weighted by Crippen LogP contribution is 2.36. The van der Waals surface area contributed by atoms with E-state index in [-0.39, 0.29) is 27.1 Å². The summed E-state index contributed by atoms with van der Waals surface area (Å²) < 4.78 is 18.0. The van der Waals surface area contributed by atoms with Gasteiger partial charge in [-0.15, -0.1) is 0 Å². The van der Waals surface area contributed by atoms with Crippen LogP contribution in [0.3, 0.4) is 0 Å². The van der Waals surface area contributed by atoms with Crippen LogP contribution in [0.4, 0.5) is 4.39 Å². The van der Waals surface area contributed by atoms with Crippen LogP contribution >= 0.6 is 23.2 Å². The number of hydrogen-bond donors (Lipinski definition) is 1. The van der Waals surface area contributed by atoms with Gasteiger partial charge in [-0.05, 0) is 12.1 Å². The predicted molar refractivity (Wildman–Crippen MR) is 58.9 cm³/mol. The van der Waals surface area contributed by atoms with Gasteiger partial charge in [-0.25, -0.2) is 9.18 Å². The van der Waals surface area contributed by atoms with Crippen LogP contribution in [0.25, 0.3) is 11.3 Å². The fourth-order valence-corrected chi connectivity index (χ4v) is 1.80. The van der Waals surface area contributed by atoms with Gasteiger partial charge in [0.05, 0.1) is 15.6 Å². The van der Waals surface area contributed by atoms with Crippen LogP contribution in [0.1, 0.15) is 10.5 Å². The van der Waals surface area contributed by atoms with E-state index in [4.69, 9.17) is 32.8 Å². The molecule has 1 heterocycles. The minimum absolute atomic E-state index is 0.00287. The first-order valence-electron chi connectivity index (χ1n) is 4.34. The van der Waals surface area contributed by atoms with Crippen molar-refractivity contribution in [2.45, 2.75) is 0 Å². The van der Waals surface area contributed by atoms with Crippen molar-refractivity contribution in [3.8, 4) is 11.3 Å². The van der Waals surface area contributed by atoms with Gasteiger partial charge in [0.25, 0.3) is 0 Å². The van der Waals surface area contributed by atoms with Crippen molar-refractivity contribution in [1.82, 2.24) is 5.16 Å². The highest BCUT2D eigenvalue weighted by molar-refractivity contribution is 6.39. The summed E-state index contributed by atoms with van der Waals surface area (Å²) in [6, 6.07) is 3.51. The summed E-state index contributed by atoms with van der Waals surface area (Å²) in [5.74, 6) is -1.94. The molecule has 2 aromatic rings. The molecule has 1 N–H and O–H groups in total. The second-order valence-corrected chi connectivity index (χ2v) is 3.88. The zero-order valence-corrected chi connectivity index (χ0v) is 9.59. The molecule has 1 aromatic carbocycles. The predicted octanol–water partition coefficient (Wildman–Crippen LogP) is 3.49. The summed E-state index contributed by atoms with van der Waals surface area (Å²) >= 11 is 11.6. The van der Waals surface area contributed by atoms with Crippen LogP contribution in [0.2, 0.25) is 10.0 Å². The maximum absolute atomic E-state index is 13.2. The van der Waals surface area contributed by atoms with Gasteiger partial charge in [0, 0.05) is 6.07 Å². The van der Waals surface area contributed by atoms with Crippen molar-refractivity contribution in [3.63, 3.8) is 0 Å². The lowest BCUT2D eigenvalue weighted by atomic mass is 10.1. The lowest BCUT2D eigenvalue weighted by Crippen LogP contribution is -1.94. The summed E-state index contributed by atoms with van der Waals surface area (Å²) in [6.07, 6.45) is 0. The molecular weight excluding hydrogens is 272 g/mol. The van der Waals surface area contributed by atoms with Crippen molar-refractivity contribution in [2.24, 2.45) is 0 Å². The third-order valence-corrected chi connectivity index (χ3v) is 2.70. The van der Waals surface area contributed by atoms with E-state index in [1.807, 2.05) is 0 Å². The van der Waals surface area contributed by atoms with E-state index >= 15 is 0 Å². The maximum atomic E-state index is 13.2. The summed E-state index contributed by atoms with van der Waals surface area (Å²) in [4.78, 5) is 10.6. The van der Waals surface area contributed by atoms with Gasteiger partial charge in [0.2, 0.25) is 0 Å². The fraction of sp³-hybridized carbons (Fsp3) is 0. The van der Waals surface area contributed by atoms with Crippen LogP contribution in [0, 0.1) is 5.82 Å². The monoisotopic (exact) mass is 275 g/mol. The number of halogens is 3. The molecular formula is C10H4Cl2FNO3. The SMILES string of the molecule is O=C(O)c1cc(-c2c(Cl)ccc(F)c2Cl)on1. The van der Waals surface area contributed by atoms with Crippen molar-refractivity contribution >= 4 is 29.2 Å². The minimum atomic E-state index is -1.26. The number of carboxylic acid groups (broad SMARTS) is 1. The Balaban J connectivity index is 2.60. The molecule has 0 aliphatic heterocycles. The molecule has 0 unspecified atom stereocenters. The number of aromatic nitrogens is 1. The third-order valence-electron chi connectivity index (χ3n) is 2.02. The molecule has 0 fully saturated rings. The lowest BCUT2D eigenvalue weighted by Gasteiger charge is -2.03. The quantitative estimate of drug-likeness (QED) is 0.853. The largest absolute Gasteiger partial charge is 0.476 e. The summed E-state index contributed by atoms with van der Waals surface area (Å²) in [7, 11) is 0. The maximum Gasteiger partial charge on any atom is 0.358 e. The molecule has 0 spiro atoms. The normalized spacial score (nSPS) is 10.5. The van der Waals surface area contributed by atoms with Crippen molar-refractivity contribution < 1.29 is 18.8 Å². The number of benzene rings is 1. The van der Waals surface area contributed by atoms with E-state index in [0.29, 0.717) is 0 Å². The Bertz CT molecular complexity index is 597. The summed E-state index contributed by atoms with van der Waals surface area (Å²) in [5, 5.41) is 11.9. The Hall–Kier alpha value is -1.59. The summed E-state index contributed by atoms with van der Waals surface area (Å²) in [5.41, 5.74) is -0.232. The van der Waals surface area contributed by atoms with Crippen LogP contribution in [0.15, 0.2) is 22.7 Å². The Morgan fingerprint density at radius 3 is 2.71 bits per heavy atom. The van der Waals surface area contributed by atoms with Crippen LogP contribution in [0.5, 0.6) is 0 Å². The van der Waals surface area contributed by atoms with Gasteiger partial charge in [0.1, 0.15) is 5.82 Å². The van der Waals surface area contributed by atoms with E-state index in [1.54, 1.807) is 0 Å². The van der Waals surface area contributed by atoms with E-state index in [2.05, 4.69) is 5.16 Å². The number of rotatable bonds is 2. The molecule has 0 aliphatic carbocycles. The average molecular weight is 276 g/mol. The smallest absolute Gasteiger partial charge is 0.358 e. The first-order valence-corrected chi connectivity index (χ1v) is 5.10. The molecule has 0 radical (unpaired) electrons. The zero-order chi connectivity index (χ0) is 12.6. The second kappa shape index (κ2) is 4.35. The molecule has 0 saturated heterocycles. The molecule has 17 heavy (non-hydrogen) atoms. The van der Waals surface area contributed by atoms with Gasteiger partial charge in [-0.1, -0.05) is 28.4 Å². The van der Waals surface area contributed by atoms with E-state index in [1.165, 1.54) is 6.07 Å². The zero-order valence-electron chi connectivity index (χ0n) is 8.08. The van der Waals surface area contributed by atoms with Crippen molar-refractivity contribution in [2.75, 3.05) is 0 Å². The van der Waals surface area contributed by atoms with E-state index < -0.39 is 11.8 Å². The molecule has 0 bridgehead atoms. The second-order valence-electron chi connectivity index (χ2n) is 3.10. The first-order chi connectivity index (χ1) is 8.00. The molecule has 0 atom stereocenters. The molecule has 0 amide bonds. The highest BCUT2D eigenvalue weighted by Gasteiger charge is 2.19. The van der Waals surface area contributed by atoms with Crippen LogP contribution in [-0.4, -0.2) is 16.2 Å². The number of hydrogen-bond acceptors (Lipinski definition) is 3. The Kier molecular flexibility index (Phi) is 3.04. The number of aromatic carboxylic acids is 1. The van der Waals surface area contributed by atoms with Gasteiger partial charge >= 0.3 is 5.97 Å². The molecule has 1 aromatic heterocycles. The molecule has 2 rings (SSSR count). The van der Waals surface area contributed by atoms with Crippen molar-refractivity contribution in [3.05, 3.63) is 39.8 Å². The molecule has 0 aliphatic rings. The minimum Gasteiger partial charge on any atom is -0.476 e. The Morgan fingerprint density at radius 1 is 1.41 bits per heavy atom. The molecule has 4 nitrogen and oxygen atoms in total. The molecule has 88 valence electrons.